The molecule has 0 amide bonds. The lowest BCUT2D eigenvalue weighted by Crippen LogP contribution is -2.19. The Morgan fingerprint density at radius 1 is 1.11 bits per heavy atom. The number of alkyl halides is 2. The Kier molecular flexibility index (Phi) is 7.63. The van der Waals surface area contributed by atoms with E-state index in [1.165, 1.54) is 26.1 Å². The number of unbranched alkanes of at least 4 members (excludes halogenated alkanes) is 1. The predicted molar refractivity (Wildman–Crippen MR) is 102 cm³/mol. The molecule has 0 unspecified atom stereocenters. The van der Waals surface area contributed by atoms with Gasteiger partial charge in [-0.05, 0) is 43.9 Å². The molecule has 0 spiro atoms. The highest BCUT2D eigenvalue weighted by Crippen LogP contribution is 2.66. The number of ether oxygens (including phenoxy) is 1. The summed E-state index contributed by atoms with van der Waals surface area (Å²) in [5.41, 5.74) is -4.45. The van der Waals surface area contributed by atoms with Gasteiger partial charge in [-0.25, -0.2) is 4.79 Å². The van der Waals surface area contributed by atoms with E-state index in [2.05, 4.69) is 4.98 Å². The number of rotatable bonds is 10. The SMILES string of the molecule is CCCCOC(=O)c1ccc2cnc(C(F)(F)P(=O)(OCC)OCC)cc2c1. The largest absolute Gasteiger partial charge is 0.462 e. The fourth-order valence-electron chi connectivity index (χ4n) is 2.50. The zero-order chi connectivity index (χ0) is 20.8. The van der Waals surface area contributed by atoms with Gasteiger partial charge in [-0.1, -0.05) is 19.4 Å². The molecule has 1 heterocycles. The van der Waals surface area contributed by atoms with Crippen molar-refractivity contribution in [1.82, 2.24) is 4.98 Å². The monoisotopic (exact) mass is 415 g/mol. The molecule has 0 fully saturated rings. The van der Waals surface area contributed by atoms with Crippen LogP contribution < -0.4 is 0 Å². The summed E-state index contributed by atoms with van der Waals surface area (Å²) in [5, 5.41) is 0.890. The van der Waals surface area contributed by atoms with Crippen LogP contribution in [-0.4, -0.2) is 30.8 Å². The third-order valence-corrected chi connectivity index (χ3v) is 6.05. The smallest absolute Gasteiger partial charge is 0.406 e. The summed E-state index contributed by atoms with van der Waals surface area (Å²) < 4.78 is 57.1. The molecule has 2 aromatic rings. The topological polar surface area (TPSA) is 74.7 Å². The maximum absolute atomic E-state index is 14.9. The first kappa shape index (κ1) is 22.4. The average Bonchev–Trinajstić information content (AvgIpc) is 2.67. The van der Waals surface area contributed by atoms with Gasteiger partial charge in [0.25, 0.3) is 0 Å². The molecular formula is C19H24F2NO5P. The lowest BCUT2D eigenvalue weighted by Gasteiger charge is -2.25. The third kappa shape index (κ3) is 4.74. The van der Waals surface area contributed by atoms with E-state index in [9.17, 15) is 18.1 Å². The predicted octanol–water partition coefficient (Wildman–Crippen LogP) is 5.51. The van der Waals surface area contributed by atoms with Crippen LogP contribution in [0.5, 0.6) is 0 Å². The highest BCUT2D eigenvalue weighted by atomic mass is 31.2. The minimum absolute atomic E-state index is 0.200. The van der Waals surface area contributed by atoms with E-state index in [0.717, 1.165) is 18.9 Å². The Bertz CT molecular complexity index is 865. The lowest BCUT2D eigenvalue weighted by atomic mass is 10.1. The number of fused-ring (bicyclic) bond motifs is 1. The number of hydrogen-bond donors (Lipinski definition) is 0. The van der Waals surface area contributed by atoms with Crippen LogP contribution in [0, 0.1) is 0 Å². The Labute approximate surface area is 162 Å². The van der Waals surface area contributed by atoms with Crippen LogP contribution in [0.25, 0.3) is 10.8 Å². The molecule has 1 aromatic heterocycles. The van der Waals surface area contributed by atoms with Crippen molar-refractivity contribution in [3.05, 3.63) is 41.7 Å². The zero-order valence-corrected chi connectivity index (χ0v) is 17.0. The molecule has 0 saturated heterocycles. The van der Waals surface area contributed by atoms with E-state index in [-0.39, 0.29) is 18.8 Å². The number of pyridine rings is 1. The normalized spacial score (nSPS) is 12.3. The van der Waals surface area contributed by atoms with E-state index in [1.54, 1.807) is 12.1 Å². The van der Waals surface area contributed by atoms with Gasteiger partial charge in [0.1, 0.15) is 5.69 Å². The van der Waals surface area contributed by atoms with E-state index in [0.29, 0.717) is 17.4 Å². The quantitative estimate of drug-likeness (QED) is 0.290. The second-order valence-corrected chi connectivity index (χ2v) is 8.07. The van der Waals surface area contributed by atoms with Gasteiger partial charge in [-0.3, -0.25) is 9.55 Å². The van der Waals surface area contributed by atoms with E-state index in [1.807, 2.05) is 6.92 Å². The number of aromatic nitrogens is 1. The van der Waals surface area contributed by atoms with Crippen LogP contribution in [0.3, 0.4) is 0 Å². The number of carbonyl (C=O) groups excluding carboxylic acids is 1. The summed E-state index contributed by atoms with van der Waals surface area (Å²) >= 11 is 0. The fraction of sp³-hybridized carbons (Fsp3) is 0.474. The number of benzene rings is 1. The summed E-state index contributed by atoms with van der Waals surface area (Å²) in [4.78, 5) is 15.9. The minimum Gasteiger partial charge on any atom is -0.462 e. The number of esters is 1. The van der Waals surface area contributed by atoms with Crippen LogP contribution in [0.4, 0.5) is 8.78 Å². The van der Waals surface area contributed by atoms with Gasteiger partial charge in [-0.15, -0.1) is 0 Å². The Hall–Kier alpha value is -1.89. The molecule has 0 aliphatic carbocycles. The summed E-state index contributed by atoms with van der Waals surface area (Å²) in [5.74, 6) is -0.533. The average molecular weight is 415 g/mol. The van der Waals surface area contributed by atoms with Crippen LogP contribution in [0.2, 0.25) is 0 Å². The molecule has 0 N–H and O–H groups in total. The third-order valence-electron chi connectivity index (χ3n) is 3.94. The summed E-state index contributed by atoms with van der Waals surface area (Å²) in [6.45, 7) is 4.76. The van der Waals surface area contributed by atoms with Crippen LogP contribution in [-0.2, 0) is 24.0 Å². The van der Waals surface area contributed by atoms with Gasteiger partial charge in [0.15, 0.2) is 0 Å². The summed E-state index contributed by atoms with van der Waals surface area (Å²) in [6.07, 6.45) is 2.85. The van der Waals surface area contributed by atoms with Gasteiger partial charge in [-0.2, -0.15) is 8.78 Å². The molecule has 0 bridgehead atoms. The minimum atomic E-state index is -4.76. The van der Waals surface area contributed by atoms with Crippen molar-refractivity contribution in [1.29, 1.82) is 0 Å². The highest BCUT2D eigenvalue weighted by molar-refractivity contribution is 7.54. The number of halogens is 2. The first-order chi connectivity index (χ1) is 13.3. The second kappa shape index (κ2) is 9.54. The van der Waals surface area contributed by atoms with Crippen molar-refractivity contribution < 1.29 is 31.9 Å². The molecular weight excluding hydrogens is 391 g/mol. The van der Waals surface area contributed by atoms with Crippen LogP contribution in [0.1, 0.15) is 49.7 Å². The van der Waals surface area contributed by atoms with Crippen LogP contribution >= 0.6 is 7.60 Å². The number of nitrogens with zero attached hydrogens (tertiary/aromatic N) is 1. The van der Waals surface area contributed by atoms with E-state index < -0.39 is 24.9 Å². The van der Waals surface area contributed by atoms with Crippen LogP contribution in [0.15, 0.2) is 30.5 Å². The molecule has 2 rings (SSSR count). The first-order valence-electron chi connectivity index (χ1n) is 9.13. The molecule has 0 radical (unpaired) electrons. The van der Waals surface area contributed by atoms with Crippen molar-refractivity contribution in [3.63, 3.8) is 0 Å². The van der Waals surface area contributed by atoms with Gasteiger partial charge in [0, 0.05) is 11.6 Å². The molecule has 0 saturated carbocycles. The molecule has 28 heavy (non-hydrogen) atoms. The standard InChI is InChI=1S/C19H24F2NO5P/c1-4-7-10-25-18(23)14-8-9-15-13-22-17(12-16(15)11-14)19(20,21)28(24,26-5-2)27-6-3/h8-9,11-13H,4-7,10H2,1-3H3. The molecule has 1 aromatic carbocycles. The summed E-state index contributed by atoms with van der Waals surface area (Å²) in [7, 11) is -4.76. The van der Waals surface area contributed by atoms with Gasteiger partial charge in [0.2, 0.25) is 0 Å². The zero-order valence-electron chi connectivity index (χ0n) is 16.1. The maximum atomic E-state index is 14.9. The molecule has 0 aliphatic heterocycles. The Morgan fingerprint density at radius 3 is 2.39 bits per heavy atom. The molecule has 6 nitrogen and oxygen atoms in total. The lowest BCUT2D eigenvalue weighted by molar-refractivity contribution is 0.0325. The molecule has 154 valence electrons. The fourth-order valence-corrected chi connectivity index (χ4v) is 3.99. The highest BCUT2D eigenvalue weighted by Gasteiger charge is 2.56. The van der Waals surface area contributed by atoms with E-state index >= 15 is 0 Å². The number of hydrogen-bond acceptors (Lipinski definition) is 6. The molecule has 9 heteroatoms. The van der Waals surface area contributed by atoms with Crippen molar-refractivity contribution in [2.75, 3.05) is 19.8 Å². The van der Waals surface area contributed by atoms with Gasteiger partial charge >= 0.3 is 19.2 Å². The second-order valence-electron chi connectivity index (χ2n) is 6.00. The molecule has 0 atom stereocenters. The van der Waals surface area contributed by atoms with Crippen molar-refractivity contribution in [3.8, 4) is 0 Å². The molecule has 0 aliphatic rings. The van der Waals surface area contributed by atoms with Crippen molar-refractivity contribution in [2.24, 2.45) is 0 Å². The van der Waals surface area contributed by atoms with Crippen molar-refractivity contribution in [2.45, 2.75) is 39.3 Å². The number of carbonyl (C=O) groups is 1. The van der Waals surface area contributed by atoms with E-state index in [4.69, 9.17) is 13.8 Å². The first-order valence-corrected chi connectivity index (χ1v) is 10.7. The Balaban J connectivity index is 2.40. The van der Waals surface area contributed by atoms with Crippen molar-refractivity contribution >= 4 is 24.3 Å². The maximum Gasteiger partial charge on any atom is 0.406 e. The van der Waals surface area contributed by atoms with Gasteiger partial charge in [0.05, 0.1) is 25.4 Å². The summed E-state index contributed by atoms with van der Waals surface area (Å²) in [6, 6.07) is 5.66. The van der Waals surface area contributed by atoms with Gasteiger partial charge < -0.3 is 13.8 Å². The Morgan fingerprint density at radius 2 is 1.79 bits per heavy atom.